The standard InChI is InChI=1S/C20H26N2O4S2/c23-27(24,15-17-9-3-1-4-10-17)21-19-13-7-8-14-20(19)22-28(25,26)16-18-11-5-2-6-12-18/h1-6,9-12,19-22H,7-8,13-16H2/t19-,20-/m1/s1. The normalized spacial score (nSPS) is 20.7. The maximum atomic E-state index is 12.6. The Labute approximate surface area is 167 Å². The van der Waals surface area contributed by atoms with Gasteiger partial charge in [0.25, 0.3) is 0 Å². The molecule has 8 heteroatoms. The quantitative estimate of drug-likeness (QED) is 0.684. The van der Waals surface area contributed by atoms with Gasteiger partial charge in [-0.15, -0.1) is 0 Å². The summed E-state index contributed by atoms with van der Waals surface area (Å²) in [7, 11) is -7.13. The molecule has 0 radical (unpaired) electrons. The van der Waals surface area contributed by atoms with Crippen LogP contribution in [0.4, 0.5) is 0 Å². The Bertz CT molecular complexity index is 880. The van der Waals surface area contributed by atoms with Gasteiger partial charge in [-0.25, -0.2) is 26.3 Å². The van der Waals surface area contributed by atoms with Crippen LogP contribution in [0.1, 0.15) is 36.8 Å². The van der Waals surface area contributed by atoms with Gasteiger partial charge < -0.3 is 0 Å². The highest BCUT2D eigenvalue weighted by Gasteiger charge is 2.31. The van der Waals surface area contributed by atoms with E-state index in [-0.39, 0.29) is 11.5 Å². The number of benzene rings is 2. The maximum absolute atomic E-state index is 12.6. The summed E-state index contributed by atoms with van der Waals surface area (Å²) >= 11 is 0. The highest BCUT2D eigenvalue weighted by molar-refractivity contribution is 7.89. The van der Waals surface area contributed by atoms with E-state index in [9.17, 15) is 16.8 Å². The summed E-state index contributed by atoms with van der Waals surface area (Å²) in [6.07, 6.45) is 2.98. The minimum absolute atomic E-state index is 0.117. The second-order valence-electron chi connectivity index (χ2n) is 7.22. The van der Waals surface area contributed by atoms with E-state index in [1.165, 1.54) is 0 Å². The van der Waals surface area contributed by atoms with Crippen molar-refractivity contribution in [2.45, 2.75) is 49.3 Å². The minimum atomic E-state index is -3.57. The molecular weight excluding hydrogens is 396 g/mol. The average molecular weight is 423 g/mol. The molecule has 2 N–H and O–H groups in total. The summed E-state index contributed by atoms with van der Waals surface area (Å²) in [5, 5.41) is 0. The maximum Gasteiger partial charge on any atom is 0.216 e. The van der Waals surface area contributed by atoms with Crippen molar-refractivity contribution in [3.63, 3.8) is 0 Å². The first kappa shape index (κ1) is 21.0. The third-order valence-corrected chi connectivity index (χ3v) is 7.58. The van der Waals surface area contributed by atoms with Crippen LogP contribution in [0.3, 0.4) is 0 Å². The third-order valence-electron chi connectivity index (χ3n) is 4.83. The largest absolute Gasteiger partial charge is 0.216 e. The molecule has 1 aliphatic rings. The Morgan fingerprint density at radius 2 is 1.00 bits per heavy atom. The van der Waals surface area contributed by atoms with Gasteiger partial charge in [0.2, 0.25) is 20.0 Å². The molecule has 0 bridgehead atoms. The highest BCUT2D eigenvalue weighted by atomic mass is 32.2. The van der Waals surface area contributed by atoms with Crippen LogP contribution in [0.5, 0.6) is 0 Å². The molecule has 152 valence electrons. The lowest BCUT2D eigenvalue weighted by Gasteiger charge is -2.32. The van der Waals surface area contributed by atoms with E-state index in [0.29, 0.717) is 24.0 Å². The second-order valence-corrected chi connectivity index (χ2v) is 10.7. The minimum Gasteiger partial charge on any atom is -0.212 e. The Hall–Kier alpha value is -1.74. The van der Waals surface area contributed by atoms with Crippen molar-refractivity contribution >= 4 is 20.0 Å². The van der Waals surface area contributed by atoms with E-state index >= 15 is 0 Å². The van der Waals surface area contributed by atoms with Crippen molar-refractivity contribution in [1.82, 2.24) is 9.44 Å². The molecule has 6 nitrogen and oxygen atoms in total. The van der Waals surface area contributed by atoms with E-state index in [0.717, 1.165) is 12.8 Å². The van der Waals surface area contributed by atoms with Crippen LogP contribution in [0.15, 0.2) is 60.7 Å². The van der Waals surface area contributed by atoms with Crippen molar-refractivity contribution in [2.24, 2.45) is 0 Å². The van der Waals surface area contributed by atoms with Crippen molar-refractivity contribution in [3.05, 3.63) is 71.8 Å². The summed E-state index contributed by atoms with van der Waals surface area (Å²) in [6, 6.07) is 17.0. The van der Waals surface area contributed by atoms with Gasteiger partial charge in [0.1, 0.15) is 0 Å². The predicted octanol–water partition coefficient (Wildman–Crippen LogP) is 2.54. The molecule has 0 amide bonds. The first-order chi connectivity index (χ1) is 13.3. The number of hydrogen-bond acceptors (Lipinski definition) is 4. The third kappa shape index (κ3) is 6.41. The van der Waals surface area contributed by atoms with E-state index in [4.69, 9.17) is 0 Å². The van der Waals surface area contributed by atoms with Crippen molar-refractivity contribution in [2.75, 3.05) is 0 Å². The summed E-state index contributed by atoms with van der Waals surface area (Å²) in [5.41, 5.74) is 1.40. The van der Waals surface area contributed by atoms with Crippen molar-refractivity contribution in [1.29, 1.82) is 0 Å². The number of nitrogens with one attached hydrogen (secondary N) is 2. The van der Waals surface area contributed by atoms with Crippen LogP contribution >= 0.6 is 0 Å². The Morgan fingerprint density at radius 1 is 0.643 bits per heavy atom. The first-order valence-corrected chi connectivity index (χ1v) is 12.7. The predicted molar refractivity (Wildman–Crippen MR) is 110 cm³/mol. The molecule has 2 atom stereocenters. The van der Waals surface area contributed by atoms with Crippen LogP contribution in [-0.2, 0) is 31.6 Å². The average Bonchev–Trinajstić information content (AvgIpc) is 2.64. The smallest absolute Gasteiger partial charge is 0.212 e. The molecule has 28 heavy (non-hydrogen) atoms. The van der Waals surface area contributed by atoms with Gasteiger partial charge in [0, 0.05) is 12.1 Å². The first-order valence-electron chi connectivity index (χ1n) is 9.41. The molecule has 0 aromatic heterocycles. The van der Waals surface area contributed by atoms with Gasteiger partial charge in [0.15, 0.2) is 0 Å². The fraction of sp³-hybridized carbons (Fsp3) is 0.400. The van der Waals surface area contributed by atoms with Gasteiger partial charge in [-0.05, 0) is 24.0 Å². The van der Waals surface area contributed by atoms with E-state index in [1.54, 1.807) is 48.5 Å². The fourth-order valence-corrected chi connectivity index (χ4v) is 6.46. The topological polar surface area (TPSA) is 92.3 Å². The fourth-order valence-electron chi connectivity index (χ4n) is 3.54. The Balaban J connectivity index is 1.66. The molecule has 2 aromatic carbocycles. The zero-order chi connectivity index (χ0) is 20.0. The molecule has 1 fully saturated rings. The summed E-state index contributed by atoms with van der Waals surface area (Å²) in [5.74, 6) is -0.234. The molecule has 0 spiro atoms. The Morgan fingerprint density at radius 3 is 1.36 bits per heavy atom. The van der Waals surface area contributed by atoms with Crippen LogP contribution in [0.2, 0.25) is 0 Å². The van der Waals surface area contributed by atoms with E-state index < -0.39 is 32.1 Å². The van der Waals surface area contributed by atoms with Crippen LogP contribution in [0.25, 0.3) is 0 Å². The molecule has 1 aliphatic carbocycles. The van der Waals surface area contributed by atoms with Crippen LogP contribution in [0, 0.1) is 0 Å². The van der Waals surface area contributed by atoms with Crippen molar-refractivity contribution in [3.8, 4) is 0 Å². The SMILES string of the molecule is O=S(=O)(Cc1ccccc1)N[C@@H]1CCCC[C@H]1NS(=O)(=O)Cc1ccccc1. The van der Waals surface area contributed by atoms with Gasteiger partial charge in [-0.3, -0.25) is 0 Å². The van der Waals surface area contributed by atoms with E-state index in [1.807, 2.05) is 12.1 Å². The lowest BCUT2D eigenvalue weighted by Crippen LogP contribution is -2.53. The number of rotatable bonds is 8. The van der Waals surface area contributed by atoms with Gasteiger partial charge in [-0.2, -0.15) is 0 Å². The number of hydrogen-bond donors (Lipinski definition) is 2. The molecule has 3 rings (SSSR count). The van der Waals surface area contributed by atoms with Gasteiger partial charge in [-0.1, -0.05) is 73.5 Å². The molecule has 0 unspecified atom stereocenters. The second kappa shape index (κ2) is 9.17. The summed E-state index contributed by atoms with van der Waals surface area (Å²) in [4.78, 5) is 0. The lowest BCUT2D eigenvalue weighted by atomic mass is 9.92. The number of sulfonamides is 2. The highest BCUT2D eigenvalue weighted by Crippen LogP contribution is 2.21. The molecule has 0 heterocycles. The molecule has 0 saturated heterocycles. The Kier molecular flexibility index (Phi) is 6.87. The summed E-state index contributed by atoms with van der Waals surface area (Å²) in [6.45, 7) is 0. The molecule has 1 saturated carbocycles. The zero-order valence-corrected chi connectivity index (χ0v) is 17.3. The molecule has 2 aromatic rings. The van der Waals surface area contributed by atoms with Crippen molar-refractivity contribution < 1.29 is 16.8 Å². The molecule has 0 aliphatic heterocycles. The zero-order valence-electron chi connectivity index (χ0n) is 15.6. The van der Waals surface area contributed by atoms with Gasteiger partial charge in [0.05, 0.1) is 11.5 Å². The molecular formula is C20H26N2O4S2. The monoisotopic (exact) mass is 422 g/mol. The van der Waals surface area contributed by atoms with E-state index in [2.05, 4.69) is 9.44 Å². The summed E-state index contributed by atoms with van der Waals surface area (Å²) < 4.78 is 55.8. The van der Waals surface area contributed by atoms with Gasteiger partial charge >= 0.3 is 0 Å². The van der Waals surface area contributed by atoms with Crippen LogP contribution in [-0.4, -0.2) is 28.9 Å². The lowest BCUT2D eigenvalue weighted by molar-refractivity contribution is 0.340. The van der Waals surface area contributed by atoms with Crippen LogP contribution < -0.4 is 9.44 Å².